The Morgan fingerprint density at radius 3 is 2.80 bits per heavy atom. The third-order valence-electron chi connectivity index (χ3n) is 4.17. The summed E-state index contributed by atoms with van der Waals surface area (Å²) in [5.41, 5.74) is 8.55. The van der Waals surface area contributed by atoms with E-state index in [0.29, 0.717) is 6.04 Å². The lowest BCUT2D eigenvalue weighted by Gasteiger charge is -2.41. The Morgan fingerprint density at radius 1 is 1.40 bits per heavy atom. The van der Waals surface area contributed by atoms with Gasteiger partial charge in [-0.2, -0.15) is 0 Å². The van der Waals surface area contributed by atoms with Gasteiger partial charge in [0.25, 0.3) is 0 Å². The van der Waals surface area contributed by atoms with Crippen molar-refractivity contribution >= 4 is 17.3 Å². The standard InChI is InChI=1S/C16H26ClN3/c1-4-15-11-20(8-7-19(15)3)16-6-5-14(17)10-13(16)9-12(2)18/h5-6,10,12,15H,4,7-9,11,18H2,1-3H3. The fourth-order valence-corrected chi connectivity index (χ4v) is 3.17. The van der Waals surface area contributed by atoms with Crippen LogP contribution in [0.1, 0.15) is 25.8 Å². The van der Waals surface area contributed by atoms with Gasteiger partial charge in [0.1, 0.15) is 0 Å². The molecule has 0 saturated carbocycles. The normalized spacial score (nSPS) is 22.1. The lowest BCUT2D eigenvalue weighted by Crippen LogP contribution is -2.51. The van der Waals surface area contributed by atoms with Crippen LogP contribution in [0, 0.1) is 0 Å². The van der Waals surface area contributed by atoms with Crippen molar-refractivity contribution in [1.82, 2.24) is 4.90 Å². The first-order valence-corrected chi connectivity index (χ1v) is 7.88. The van der Waals surface area contributed by atoms with Gasteiger partial charge in [0.2, 0.25) is 0 Å². The van der Waals surface area contributed by atoms with Crippen LogP contribution in [0.15, 0.2) is 18.2 Å². The van der Waals surface area contributed by atoms with Gasteiger partial charge >= 0.3 is 0 Å². The van der Waals surface area contributed by atoms with E-state index >= 15 is 0 Å². The quantitative estimate of drug-likeness (QED) is 0.927. The molecule has 0 aliphatic carbocycles. The number of hydrogen-bond donors (Lipinski definition) is 1. The van der Waals surface area contributed by atoms with Crippen molar-refractivity contribution in [3.8, 4) is 0 Å². The lowest BCUT2D eigenvalue weighted by atomic mass is 10.0. The average molecular weight is 296 g/mol. The molecule has 1 aromatic rings. The number of nitrogens with two attached hydrogens (primary N) is 1. The maximum Gasteiger partial charge on any atom is 0.0410 e. The van der Waals surface area contributed by atoms with Crippen LogP contribution in [0.4, 0.5) is 5.69 Å². The van der Waals surface area contributed by atoms with Crippen LogP contribution >= 0.6 is 11.6 Å². The highest BCUT2D eigenvalue weighted by Crippen LogP contribution is 2.27. The largest absolute Gasteiger partial charge is 0.368 e. The zero-order valence-corrected chi connectivity index (χ0v) is 13.5. The van der Waals surface area contributed by atoms with E-state index in [0.717, 1.165) is 31.1 Å². The van der Waals surface area contributed by atoms with E-state index in [1.54, 1.807) is 0 Å². The van der Waals surface area contributed by atoms with Gasteiger partial charge in [-0.3, -0.25) is 4.90 Å². The van der Waals surface area contributed by atoms with Crippen molar-refractivity contribution in [2.75, 3.05) is 31.6 Å². The molecule has 1 aliphatic rings. The summed E-state index contributed by atoms with van der Waals surface area (Å²) in [5.74, 6) is 0. The molecule has 1 aliphatic heterocycles. The number of anilines is 1. The Morgan fingerprint density at radius 2 is 2.15 bits per heavy atom. The number of piperazine rings is 1. The SMILES string of the molecule is CCC1CN(c2ccc(Cl)cc2CC(C)N)CCN1C. The molecule has 1 aromatic carbocycles. The maximum absolute atomic E-state index is 6.15. The zero-order valence-electron chi connectivity index (χ0n) is 12.8. The molecule has 1 heterocycles. The van der Waals surface area contributed by atoms with Crippen molar-refractivity contribution in [3.63, 3.8) is 0 Å². The van der Waals surface area contributed by atoms with E-state index < -0.39 is 0 Å². The molecule has 1 fully saturated rings. The summed E-state index contributed by atoms with van der Waals surface area (Å²) in [5, 5.41) is 0.797. The fourth-order valence-electron chi connectivity index (χ4n) is 2.98. The Bertz CT molecular complexity index is 447. The van der Waals surface area contributed by atoms with Crippen molar-refractivity contribution in [2.24, 2.45) is 5.73 Å². The summed E-state index contributed by atoms with van der Waals surface area (Å²) in [6, 6.07) is 6.99. The number of benzene rings is 1. The number of halogens is 1. The zero-order chi connectivity index (χ0) is 14.7. The predicted molar refractivity (Wildman–Crippen MR) is 87.7 cm³/mol. The third kappa shape index (κ3) is 3.66. The molecule has 0 bridgehead atoms. The first kappa shape index (κ1) is 15.6. The minimum absolute atomic E-state index is 0.154. The lowest BCUT2D eigenvalue weighted by molar-refractivity contribution is 0.213. The second-order valence-electron chi connectivity index (χ2n) is 5.94. The molecule has 2 unspecified atom stereocenters. The smallest absolute Gasteiger partial charge is 0.0410 e. The van der Waals surface area contributed by atoms with Crippen molar-refractivity contribution in [3.05, 3.63) is 28.8 Å². The summed E-state index contributed by atoms with van der Waals surface area (Å²) < 4.78 is 0. The highest BCUT2D eigenvalue weighted by Gasteiger charge is 2.24. The van der Waals surface area contributed by atoms with Crippen LogP contribution in [0.2, 0.25) is 5.02 Å². The average Bonchev–Trinajstić information content (AvgIpc) is 2.39. The molecule has 0 aromatic heterocycles. The van der Waals surface area contributed by atoms with Crippen molar-refractivity contribution in [2.45, 2.75) is 38.8 Å². The minimum Gasteiger partial charge on any atom is -0.368 e. The second kappa shape index (κ2) is 6.79. The van der Waals surface area contributed by atoms with E-state index in [9.17, 15) is 0 Å². The molecule has 2 N–H and O–H groups in total. The molecule has 1 saturated heterocycles. The van der Waals surface area contributed by atoms with Gasteiger partial charge in [-0.05, 0) is 50.6 Å². The predicted octanol–water partition coefficient (Wildman–Crippen LogP) is 2.76. The number of hydrogen-bond acceptors (Lipinski definition) is 3. The fraction of sp³-hybridized carbons (Fsp3) is 0.625. The topological polar surface area (TPSA) is 32.5 Å². The Kier molecular flexibility index (Phi) is 5.30. The molecule has 2 atom stereocenters. The number of likely N-dealkylation sites (N-methyl/N-ethyl adjacent to an activating group) is 1. The van der Waals surface area contributed by atoms with Crippen LogP contribution in [0.5, 0.6) is 0 Å². The molecule has 112 valence electrons. The summed E-state index contributed by atoms with van der Waals surface area (Å²) in [6.07, 6.45) is 2.06. The molecule has 3 nitrogen and oxygen atoms in total. The van der Waals surface area contributed by atoms with Gasteiger partial charge in [0, 0.05) is 42.4 Å². The van der Waals surface area contributed by atoms with E-state index in [1.807, 2.05) is 13.0 Å². The van der Waals surface area contributed by atoms with Crippen molar-refractivity contribution < 1.29 is 0 Å². The van der Waals surface area contributed by atoms with Gasteiger partial charge in [0.15, 0.2) is 0 Å². The molecule has 2 rings (SSSR count). The van der Waals surface area contributed by atoms with Crippen LogP contribution in [0.25, 0.3) is 0 Å². The van der Waals surface area contributed by atoms with Gasteiger partial charge in [-0.25, -0.2) is 0 Å². The van der Waals surface area contributed by atoms with E-state index in [1.165, 1.54) is 17.7 Å². The van der Waals surface area contributed by atoms with Gasteiger partial charge in [0.05, 0.1) is 0 Å². The van der Waals surface area contributed by atoms with Crippen LogP contribution in [0.3, 0.4) is 0 Å². The molecule has 4 heteroatoms. The first-order chi connectivity index (χ1) is 9.51. The first-order valence-electron chi connectivity index (χ1n) is 7.50. The van der Waals surface area contributed by atoms with Gasteiger partial charge in [-0.1, -0.05) is 18.5 Å². The molecule has 0 spiro atoms. The van der Waals surface area contributed by atoms with Gasteiger partial charge < -0.3 is 10.6 Å². The van der Waals surface area contributed by atoms with E-state index in [-0.39, 0.29) is 6.04 Å². The maximum atomic E-state index is 6.15. The van der Waals surface area contributed by atoms with Crippen LogP contribution in [-0.2, 0) is 6.42 Å². The minimum atomic E-state index is 0.154. The molecule has 0 radical (unpaired) electrons. The van der Waals surface area contributed by atoms with Crippen LogP contribution < -0.4 is 10.6 Å². The third-order valence-corrected chi connectivity index (χ3v) is 4.41. The Hall–Kier alpha value is -0.770. The van der Waals surface area contributed by atoms with Gasteiger partial charge in [-0.15, -0.1) is 0 Å². The summed E-state index contributed by atoms with van der Waals surface area (Å²) >= 11 is 6.15. The summed E-state index contributed by atoms with van der Waals surface area (Å²) in [4.78, 5) is 4.94. The Balaban J connectivity index is 2.23. The highest BCUT2D eigenvalue weighted by molar-refractivity contribution is 6.30. The van der Waals surface area contributed by atoms with E-state index in [4.69, 9.17) is 17.3 Å². The monoisotopic (exact) mass is 295 g/mol. The highest BCUT2D eigenvalue weighted by atomic mass is 35.5. The van der Waals surface area contributed by atoms with E-state index in [2.05, 4.69) is 35.9 Å². The number of rotatable bonds is 4. The second-order valence-corrected chi connectivity index (χ2v) is 6.38. The number of nitrogens with zero attached hydrogens (tertiary/aromatic N) is 2. The van der Waals surface area contributed by atoms with Crippen LogP contribution in [-0.4, -0.2) is 43.7 Å². The Labute approximate surface area is 127 Å². The van der Waals surface area contributed by atoms with Crippen molar-refractivity contribution in [1.29, 1.82) is 0 Å². The molecular weight excluding hydrogens is 270 g/mol. The summed E-state index contributed by atoms with van der Waals surface area (Å²) in [6.45, 7) is 7.57. The summed E-state index contributed by atoms with van der Waals surface area (Å²) in [7, 11) is 2.22. The molecule has 20 heavy (non-hydrogen) atoms. The molecular formula is C16H26ClN3. The molecule has 0 amide bonds.